The van der Waals surface area contributed by atoms with E-state index in [1.54, 1.807) is 36.4 Å². The molecular weight excluding hydrogens is 516 g/mol. The number of alkyl halides is 6. The number of ether oxygens (including phenoxy) is 2. The summed E-state index contributed by atoms with van der Waals surface area (Å²) in [6.45, 7) is 1.62. The van der Waals surface area contributed by atoms with Crippen molar-refractivity contribution >= 4 is 11.7 Å². The van der Waals surface area contributed by atoms with Crippen LogP contribution in [0.5, 0.6) is 11.5 Å². The van der Waals surface area contributed by atoms with Gasteiger partial charge in [0.25, 0.3) is 5.91 Å². The maximum Gasteiger partial charge on any atom is 0.416 e. The van der Waals surface area contributed by atoms with Crippen molar-refractivity contribution in [1.82, 2.24) is 9.88 Å². The molecule has 1 aromatic heterocycles. The van der Waals surface area contributed by atoms with Crippen LogP contribution >= 0.6 is 0 Å². The van der Waals surface area contributed by atoms with Gasteiger partial charge in [-0.15, -0.1) is 0 Å². The summed E-state index contributed by atoms with van der Waals surface area (Å²) in [6, 6.07) is 11.4. The number of nitrogens with zero attached hydrogens (tertiary/aromatic N) is 3. The molecule has 4 rings (SSSR count). The van der Waals surface area contributed by atoms with Crippen LogP contribution in [0.3, 0.4) is 0 Å². The zero-order valence-electron chi connectivity index (χ0n) is 20.1. The number of halogens is 6. The fourth-order valence-electron chi connectivity index (χ4n) is 3.91. The molecule has 3 aromatic rings. The minimum absolute atomic E-state index is 0.00335. The van der Waals surface area contributed by atoms with Gasteiger partial charge in [-0.25, -0.2) is 4.98 Å². The van der Waals surface area contributed by atoms with E-state index in [0.29, 0.717) is 50.0 Å². The van der Waals surface area contributed by atoms with Crippen molar-refractivity contribution in [2.24, 2.45) is 0 Å². The maximum atomic E-state index is 13.3. The van der Waals surface area contributed by atoms with Crippen LogP contribution in [0, 0.1) is 0 Å². The topological polar surface area (TPSA) is 54.9 Å². The smallest absolute Gasteiger partial charge is 0.416 e. The fraction of sp³-hybridized carbons (Fsp3) is 0.308. The quantitative estimate of drug-likeness (QED) is 0.359. The second-order valence-electron chi connectivity index (χ2n) is 8.63. The molecule has 0 unspecified atom stereocenters. The first-order chi connectivity index (χ1) is 17.9. The number of hydrogen-bond acceptors (Lipinski definition) is 5. The predicted molar refractivity (Wildman–Crippen MR) is 126 cm³/mol. The predicted octanol–water partition coefficient (Wildman–Crippen LogP) is 6.02. The normalized spacial score (nSPS) is 14.3. The first-order valence-corrected chi connectivity index (χ1v) is 11.5. The lowest BCUT2D eigenvalue weighted by Gasteiger charge is -2.28. The molecule has 6 nitrogen and oxygen atoms in total. The number of anilines is 1. The fourth-order valence-corrected chi connectivity index (χ4v) is 3.91. The van der Waals surface area contributed by atoms with Gasteiger partial charge in [-0.2, -0.15) is 26.3 Å². The molecule has 202 valence electrons. The molecule has 0 spiro atoms. The Bertz CT molecular complexity index is 1240. The molecule has 0 radical (unpaired) electrons. The number of morpholine rings is 1. The largest absolute Gasteiger partial charge is 0.456 e. The van der Waals surface area contributed by atoms with Gasteiger partial charge in [0.05, 0.1) is 24.3 Å². The average Bonchev–Trinajstić information content (AvgIpc) is 2.88. The van der Waals surface area contributed by atoms with Crippen molar-refractivity contribution in [2.75, 3.05) is 38.3 Å². The molecule has 38 heavy (non-hydrogen) atoms. The monoisotopic (exact) mass is 539 g/mol. The first kappa shape index (κ1) is 27.2. The Labute approximate surface area is 214 Å². The number of carbonyl (C=O) groups excluding carboxylic acids is 1. The molecular formula is C26H23F6N3O3. The van der Waals surface area contributed by atoms with Crippen molar-refractivity contribution in [1.29, 1.82) is 0 Å². The maximum absolute atomic E-state index is 13.3. The van der Waals surface area contributed by atoms with Crippen molar-refractivity contribution in [3.63, 3.8) is 0 Å². The highest BCUT2D eigenvalue weighted by atomic mass is 19.4. The third-order valence-corrected chi connectivity index (χ3v) is 5.80. The second-order valence-corrected chi connectivity index (χ2v) is 8.63. The zero-order valence-corrected chi connectivity index (χ0v) is 20.1. The third kappa shape index (κ3) is 6.55. The van der Waals surface area contributed by atoms with Gasteiger partial charge in [0.1, 0.15) is 22.9 Å². The van der Waals surface area contributed by atoms with E-state index < -0.39 is 35.9 Å². The summed E-state index contributed by atoms with van der Waals surface area (Å²) >= 11 is 0. The lowest BCUT2D eigenvalue weighted by molar-refractivity contribution is -0.143. The number of benzene rings is 2. The SMILES string of the molecule is CN(Cc1cc(C(F)(F)F)cc(C(F)(F)F)c1)C(=O)c1cnc(N2CCOCC2)cc1Oc1ccccc1. The van der Waals surface area contributed by atoms with E-state index in [2.05, 4.69) is 4.98 Å². The summed E-state index contributed by atoms with van der Waals surface area (Å²) in [5.74, 6) is 0.412. The highest BCUT2D eigenvalue weighted by Crippen LogP contribution is 2.37. The number of rotatable bonds is 6. The molecule has 0 atom stereocenters. The molecule has 1 aliphatic heterocycles. The van der Waals surface area contributed by atoms with Crippen LogP contribution in [-0.2, 0) is 23.6 Å². The summed E-state index contributed by atoms with van der Waals surface area (Å²) in [7, 11) is 1.28. The number of carbonyl (C=O) groups is 1. The zero-order chi connectivity index (χ0) is 27.5. The lowest BCUT2D eigenvalue weighted by atomic mass is 10.0. The van der Waals surface area contributed by atoms with E-state index in [9.17, 15) is 31.1 Å². The molecule has 0 saturated carbocycles. The molecule has 0 N–H and O–H groups in total. The first-order valence-electron chi connectivity index (χ1n) is 11.5. The molecule has 1 amide bonds. The molecule has 2 heterocycles. The van der Waals surface area contributed by atoms with Gasteiger partial charge in [-0.3, -0.25) is 4.79 Å². The van der Waals surface area contributed by atoms with E-state index in [4.69, 9.17) is 9.47 Å². The van der Waals surface area contributed by atoms with Gasteiger partial charge in [0.2, 0.25) is 0 Å². The van der Waals surface area contributed by atoms with Crippen LogP contribution in [0.25, 0.3) is 0 Å². The van der Waals surface area contributed by atoms with Gasteiger partial charge in [0, 0.05) is 38.9 Å². The Morgan fingerprint density at radius 1 is 0.974 bits per heavy atom. The summed E-state index contributed by atoms with van der Waals surface area (Å²) in [5, 5.41) is 0. The van der Waals surface area contributed by atoms with Crippen LogP contribution < -0.4 is 9.64 Å². The van der Waals surface area contributed by atoms with Crippen molar-refractivity contribution < 1.29 is 40.6 Å². The Balaban J connectivity index is 1.65. The summed E-state index contributed by atoms with van der Waals surface area (Å²) in [5.41, 5.74) is -3.23. The Kier molecular flexibility index (Phi) is 7.81. The van der Waals surface area contributed by atoms with Crippen molar-refractivity contribution in [3.8, 4) is 11.5 Å². The van der Waals surface area contributed by atoms with Gasteiger partial charge in [0.15, 0.2) is 0 Å². The number of hydrogen-bond donors (Lipinski definition) is 0. The van der Waals surface area contributed by atoms with Gasteiger partial charge >= 0.3 is 12.4 Å². The van der Waals surface area contributed by atoms with Crippen LogP contribution in [0.2, 0.25) is 0 Å². The van der Waals surface area contributed by atoms with E-state index in [1.165, 1.54) is 13.2 Å². The van der Waals surface area contributed by atoms with Crippen LogP contribution in [0.15, 0.2) is 60.8 Å². The molecule has 1 fully saturated rings. The highest BCUT2D eigenvalue weighted by Gasteiger charge is 2.37. The highest BCUT2D eigenvalue weighted by molar-refractivity contribution is 5.97. The Morgan fingerprint density at radius 3 is 2.16 bits per heavy atom. The Hall–Kier alpha value is -3.80. The van der Waals surface area contributed by atoms with Gasteiger partial charge < -0.3 is 19.3 Å². The van der Waals surface area contributed by atoms with Crippen LogP contribution in [-0.4, -0.2) is 49.1 Å². The second kappa shape index (κ2) is 10.9. The molecule has 1 saturated heterocycles. The number of para-hydroxylation sites is 1. The number of aromatic nitrogens is 1. The molecule has 12 heteroatoms. The molecule has 0 bridgehead atoms. The Morgan fingerprint density at radius 2 is 1.58 bits per heavy atom. The molecule has 2 aromatic carbocycles. The van der Waals surface area contributed by atoms with Gasteiger partial charge in [-0.05, 0) is 35.9 Å². The molecule has 1 aliphatic rings. The summed E-state index contributed by atoms with van der Waals surface area (Å²) < 4.78 is 90.9. The van der Waals surface area contributed by atoms with E-state index in [-0.39, 0.29) is 22.9 Å². The van der Waals surface area contributed by atoms with Crippen molar-refractivity contribution in [2.45, 2.75) is 18.9 Å². The van der Waals surface area contributed by atoms with E-state index >= 15 is 0 Å². The van der Waals surface area contributed by atoms with E-state index in [0.717, 1.165) is 4.90 Å². The minimum Gasteiger partial charge on any atom is -0.456 e. The van der Waals surface area contributed by atoms with E-state index in [1.807, 2.05) is 4.90 Å². The summed E-state index contributed by atoms with van der Waals surface area (Å²) in [4.78, 5) is 20.7. The average molecular weight is 539 g/mol. The standard InChI is InChI=1S/C26H23F6N3O3/c1-34(16-17-11-18(25(27,28)29)13-19(12-17)26(30,31)32)24(36)21-15-33-23(35-7-9-37-10-8-35)14-22(21)38-20-5-3-2-4-6-20/h2-6,11-15H,7-10,16H2,1H3. The van der Waals surface area contributed by atoms with Crippen LogP contribution in [0.1, 0.15) is 27.0 Å². The summed E-state index contributed by atoms with van der Waals surface area (Å²) in [6.07, 6.45) is -8.70. The molecule has 0 aliphatic carbocycles. The van der Waals surface area contributed by atoms with Crippen molar-refractivity contribution in [3.05, 3.63) is 83.0 Å². The third-order valence-electron chi connectivity index (χ3n) is 5.80. The minimum atomic E-state index is -4.99. The van der Waals surface area contributed by atoms with Gasteiger partial charge in [-0.1, -0.05) is 18.2 Å². The number of pyridine rings is 1. The number of amides is 1. The lowest BCUT2D eigenvalue weighted by Crippen LogP contribution is -2.36. The van der Waals surface area contributed by atoms with Crippen LogP contribution in [0.4, 0.5) is 32.2 Å².